The summed E-state index contributed by atoms with van der Waals surface area (Å²) in [6.07, 6.45) is 2.10. The Bertz CT molecular complexity index is 896. The summed E-state index contributed by atoms with van der Waals surface area (Å²) in [5, 5.41) is 10.2. The number of aromatic nitrogens is 2. The van der Waals surface area contributed by atoms with Crippen LogP contribution in [0.3, 0.4) is 0 Å². The molecule has 1 fully saturated rings. The second-order valence-electron chi connectivity index (χ2n) is 7.18. The number of nitrogens with zero attached hydrogens (tertiary/aromatic N) is 3. The lowest BCUT2D eigenvalue weighted by Gasteiger charge is -2.31. The van der Waals surface area contributed by atoms with Crippen molar-refractivity contribution < 1.29 is 4.79 Å². The average Bonchev–Trinajstić information content (AvgIpc) is 3.42. The number of carbonyl (C=O) groups excluding carboxylic acids is 1. The Balaban J connectivity index is 1.56. The zero-order valence-electron chi connectivity index (χ0n) is 16.2. The third-order valence-corrected chi connectivity index (χ3v) is 6.18. The average molecular weight is 395 g/mol. The zero-order chi connectivity index (χ0) is 19.3. The second-order valence-corrected chi connectivity index (χ2v) is 8.13. The first-order valence-corrected chi connectivity index (χ1v) is 10.8. The Morgan fingerprint density at radius 1 is 1.18 bits per heavy atom. The first kappa shape index (κ1) is 18.9. The van der Waals surface area contributed by atoms with Crippen LogP contribution in [0.15, 0.2) is 53.9 Å². The Kier molecular flexibility index (Phi) is 5.88. The van der Waals surface area contributed by atoms with E-state index in [1.54, 1.807) is 11.3 Å². The molecule has 3 heterocycles. The molecule has 1 aliphatic heterocycles. The topological polar surface area (TPSA) is 50.2 Å². The number of likely N-dealkylation sites (tertiary alicyclic amines) is 1. The number of para-hydroxylation sites is 1. The molecule has 0 radical (unpaired) electrons. The molecule has 1 amide bonds. The van der Waals surface area contributed by atoms with Crippen molar-refractivity contribution in [2.75, 3.05) is 26.2 Å². The lowest BCUT2D eigenvalue weighted by atomic mass is 9.96. The van der Waals surface area contributed by atoms with Crippen molar-refractivity contribution >= 4 is 17.2 Å². The van der Waals surface area contributed by atoms with E-state index < -0.39 is 0 Å². The number of rotatable bonds is 6. The first-order valence-electron chi connectivity index (χ1n) is 9.95. The summed E-state index contributed by atoms with van der Waals surface area (Å²) >= 11 is 1.66. The molecule has 0 saturated carbocycles. The van der Waals surface area contributed by atoms with Gasteiger partial charge in [-0.25, -0.2) is 4.68 Å². The molecular formula is C22H26N4OS. The third-order valence-electron chi connectivity index (χ3n) is 5.29. The smallest absolute Gasteiger partial charge is 0.274 e. The van der Waals surface area contributed by atoms with E-state index in [4.69, 9.17) is 5.10 Å². The highest BCUT2D eigenvalue weighted by atomic mass is 32.1. The normalized spacial score (nSPS) is 15.1. The van der Waals surface area contributed by atoms with Crippen LogP contribution in [0, 0.1) is 5.92 Å². The van der Waals surface area contributed by atoms with Gasteiger partial charge in [-0.2, -0.15) is 5.10 Å². The van der Waals surface area contributed by atoms with Gasteiger partial charge in [-0.3, -0.25) is 4.79 Å². The highest BCUT2D eigenvalue weighted by molar-refractivity contribution is 7.13. The Labute approximate surface area is 170 Å². The summed E-state index contributed by atoms with van der Waals surface area (Å²) in [6, 6.07) is 16.0. The van der Waals surface area contributed by atoms with Crippen LogP contribution in [-0.2, 0) is 0 Å². The Morgan fingerprint density at radius 2 is 1.96 bits per heavy atom. The zero-order valence-corrected chi connectivity index (χ0v) is 17.0. The van der Waals surface area contributed by atoms with Crippen LogP contribution in [0.2, 0.25) is 0 Å². The van der Waals surface area contributed by atoms with Crippen molar-refractivity contribution in [1.82, 2.24) is 20.0 Å². The highest BCUT2D eigenvalue weighted by Crippen LogP contribution is 2.29. The molecule has 1 saturated heterocycles. The van der Waals surface area contributed by atoms with Crippen molar-refractivity contribution in [2.24, 2.45) is 5.92 Å². The minimum Gasteiger partial charge on any atom is -0.337 e. The number of piperidine rings is 1. The molecule has 1 aromatic carbocycles. The van der Waals surface area contributed by atoms with Gasteiger partial charge in [-0.15, -0.1) is 11.3 Å². The van der Waals surface area contributed by atoms with Crippen molar-refractivity contribution in [1.29, 1.82) is 0 Å². The largest absolute Gasteiger partial charge is 0.337 e. The van der Waals surface area contributed by atoms with E-state index in [-0.39, 0.29) is 5.91 Å². The molecule has 4 rings (SSSR count). The van der Waals surface area contributed by atoms with Crippen molar-refractivity contribution in [3.8, 4) is 16.3 Å². The SMILES string of the molecule is CCNCC1CCN(C(=O)c2cc(-c3cccs3)n(-c3ccccc3)n2)CC1. The van der Waals surface area contributed by atoms with Gasteiger partial charge in [0.15, 0.2) is 5.69 Å². The van der Waals surface area contributed by atoms with Crippen LogP contribution in [-0.4, -0.2) is 46.8 Å². The summed E-state index contributed by atoms with van der Waals surface area (Å²) in [5.41, 5.74) is 2.46. The summed E-state index contributed by atoms with van der Waals surface area (Å²) < 4.78 is 1.89. The first-order chi connectivity index (χ1) is 13.8. The van der Waals surface area contributed by atoms with Crippen LogP contribution in [0.1, 0.15) is 30.3 Å². The molecule has 3 aromatic rings. The summed E-state index contributed by atoms with van der Waals surface area (Å²) in [6.45, 7) is 5.79. The van der Waals surface area contributed by atoms with Crippen molar-refractivity contribution in [3.63, 3.8) is 0 Å². The molecule has 1 aliphatic rings. The van der Waals surface area contributed by atoms with Crippen LogP contribution in [0.5, 0.6) is 0 Å². The lowest BCUT2D eigenvalue weighted by molar-refractivity contribution is 0.0684. The van der Waals surface area contributed by atoms with E-state index in [1.807, 2.05) is 57.4 Å². The fourth-order valence-corrected chi connectivity index (χ4v) is 4.43. The van der Waals surface area contributed by atoms with E-state index >= 15 is 0 Å². The molecule has 0 bridgehead atoms. The highest BCUT2D eigenvalue weighted by Gasteiger charge is 2.26. The molecule has 2 aromatic heterocycles. The molecule has 1 N–H and O–H groups in total. The maximum atomic E-state index is 13.1. The molecule has 0 aliphatic carbocycles. The third kappa shape index (κ3) is 4.03. The maximum absolute atomic E-state index is 13.1. The van der Waals surface area contributed by atoms with E-state index in [9.17, 15) is 4.79 Å². The second kappa shape index (κ2) is 8.71. The fourth-order valence-electron chi connectivity index (χ4n) is 3.70. The quantitative estimate of drug-likeness (QED) is 0.686. The van der Waals surface area contributed by atoms with E-state index in [0.29, 0.717) is 11.6 Å². The minimum atomic E-state index is 0.0365. The number of thiophene rings is 1. The van der Waals surface area contributed by atoms with E-state index in [0.717, 1.165) is 55.3 Å². The molecule has 146 valence electrons. The molecule has 28 heavy (non-hydrogen) atoms. The number of benzene rings is 1. The summed E-state index contributed by atoms with van der Waals surface area (Å²) in [7, 11) is 0. The number of hydrogen-bond donors (Lipinski definition) is 1. The van der Waals surface area contributed by atoms with Crippen molar-refractivity contribution in [2.45, 2.75) is 19.8 Å². The Morgan fingerprint density at radius 3 is 2.64 bits per heavy atom. The number of carbonyl (C=O) groups is 1. The van der Waals surface area contributed by atoms with Gasteiger partial charge in [0, 0.05) is 13.1 Å². The van der Waals surface area contributed by atoms with Gasteiger partial charge in [0.25, 0.3) is 5.91 Å². The van der Waals surface area contributed by atoms with E-state index in [2.05, 4.69) is 18.3 Å². The maximum Gasteiger partial charge on any atom is 0.274 e. The van der Waals surface area contributed by atoms with Crippen LogP contribution < -0.4 is 5.32 Å². The predicted octanol–water partition coefficient (Wildman–Crippen LogP) is 4.06. The van der Waals surface area contributed by atoms with Gasteiger partial charge in [0.1, 0.15) is 0 Å². The van der Waals surface area contributed by atoms with Gasteiger partial charge < -0.3 is 10.2 Å². The van der Waals surface area contributed by atoms with Gasteiger partial charge in [0.2, 0.25) is 0 Å². The minimum absolute atomic E-state index is 0.0365. The summed E-state index contributed by atoms with van der Waals surface area (Å²) in [5.74, 6) is 0.696. The molecule has 5 nitrogen and oxygen atoms in total. The van der Waals surface area contributed by atoms with Crippen LogP contribution in [0.4, 0.5) is 0 Å². The van der Waals surface area contributed by atoms with Gasteiger partial charge in [-0.1, -0.05) is 31.2 Å². The number of nitrogens with one attached hydrogen (secondary N) is 1. The van der Waals surface area contributed by atoms with Gasteiger partial charge in [0.05, 0.1) is 16.3 Å². The van der Waals surface area contributed by atoms with Crippen molar-refractivity contribution in [3.05, 3.63) is 59.6 Å². The lowest BCUT2D eigenvalue weighted by Crippen LogP contribution is -2.41. The summed E-state index contributed by atoms with van der Waals surface area (Å²) in [4.78, 5) is 16.2. The van der Waals surface area contributed by atoms with Gasteiger partial charge in [-0.05, 0) is 61.5 Å². The monoisotopic (exact) mass is 394 g/mol. The van der Waals surface area contributed by atoms with Crippen LogP contribution in [0.25, 0.3) is 16.3 Å². The predicted molar refractivity (Wildman–Crippen MR) is 114 cm³/mol. The van der Waals surface area contributed by atoms with E-state index in [1.165, 1.54) is 0 Å². The molecule has 0 atom stereocenters. The number of amides is 1. The van der Waals surface area contributed by atoms with Gasteiger partial charge >= 0.3 is 0 Å². The standard InChI is InChI=1S/C22H26N4OS/c1-2-23-16-17-10-12-25(13-11-17)22(27)19-15-20(21-9-6-14-28-21)26(24-19)18-7-4-3-5-8-18/h3-9,14-15,17,23H,2,10-13,16H2,1H3. The number of hydrogen-bond acceptors (Lipinski definition) is 4. The fraction of sp³-hybridized carbons (Fsp3) is 0.364. The molecule has 6 heteroatoms. The Hall–Kier alpha value is -2.44. The molecule has 0 unspecified atom stereocenters. The van der Waals surface area contributed by atoms with Crippen LogP contribution >= 0.6 is 11.3 Å². The molecular weight excluding hydrogens is 368 g/mol. The molecule has 0 spiro atoms.